The molecule has 2 aromatic rings. The number of benzene rings is 2. The molecule has 0 atom stereocenters. The van der Waals surface area contributed by atoms with Crippen LogP contribution in [0, 0.1) is 0 Å². The molecule has 0 N–H and O–H groups in total. The van der Waals surface area contributed by atoms with E-state index < -0.39 is 17.8 Å². The fourth-order valence-corrected chi connectivity index (χ4v) is 6.92. The van der Waals surface area contributed by atoms with Gasteiger partial charge in [-0.15, -0.1) is 5.06 Å². The largest absolute Gasteiger partial charge is 1.00 e. The Balaban J connectivity index is 0.00000480. The maximum absolute atomic E-state index is 12.1. The van der Waals surface area contributed by atoms with E-state index in [2.05, 4.69) is 123 Å². The fraction of sp³-hybridized carbons (Fsp3) is 0.421. The molecule has 0 spiro atoms. The Morgan fingerprint density at radius 1 is 0.826 bits per heavy atom. The molecule has 3 aliphatic heterocycles. The summed E-state index contributed by atoms with van der Waals surface area (Å²) in [7, 11) is 2.14. The number of unbranched alkanes of at least 4 members (excludes halogenated alkanes) is 4. The molecule has 0 bridgehead atoms. The highest BCUT2D eigenvalue weighted by Crippen LogP contribution is 2.47. The first kappa shape index (κ1) is 34.9. The zero-order valence-corrected chi connectivity index (χ0v) is 28.5. The fourth-order valence-electron chi connectivity index (χ4n) is 6.92. The van der Waals surface area contributed by atoms with Gasteiger partial charge in [-0.05, 0) is 44.4 Å². The second-order valence-electron chi connectivity index (χ2n) is 13.2. The number of allylic oxidation sites excluding steroid dienone is 6. The van der Waals surface area contributed by atoms with Gasteiger partial charge in [0.05, 0.1) is 5.41 Å². The quantitative estimate of drug-likeness (QED) is 0.148. The Hall–Kier alpha value is -3.97. The van der Waals surface area contributed by atoms with Crippen LogP contribution in [-0.4, -0.2) is 46.7 Å². The molecule has 2 aromatic carbocycles. The molecule has 244 valence electrons. The summed E-state index contributed by atoms with van der Waals surface area (Å²) in [4.78, 5) is 42.8. The third-order valence-corrected chi connectivity index (χ3v) is 9.43. The molecular formula is C38H46ClN3O4. The van der Waals surface area contributed by atoms with Crippen molar-refractivity contribution in [2.24, 2.45) is 0 Å². The van der Waals surface area contributed by atoms with E-state index in [4.69, 9.17) is 4.84 Å². The van der Waals surface area contributed by atoms with E-state index in [1.807, 2.05) is 0 Å². The average molecular weight is 644 g/mol. The summed E-state index contributed by atoms with van der Waals surface area (Å²) in [5, 5.41) is 0.626. The normalized spacial score (nSPS) is 19.0. The Morgan fingerprint density at radius 2 is 1.46 bits per heavy atom. The maximum Gasteiger partial charge on any atom is 0.333 e. The van der Waals surface area contributed by atoms with E-state index in [1.165, 1.54) is 33.9 Å². The topological polar surface area (TPSA) is 69.9 Å². The highest BCUT2D eigenvalue weighted by molar-refractivity contribution is 6.03. The van der Waals surface area contributed by atoms with Gasteiger partial charge < -0.3 is 22.1 Å². The highest BCUT2D eigenvalue weighted by Gasteiger charge is 2.42. The van der Waals surface area contributed by atoms with Gasteiger partial charge in [0.15, 0.2) is 5.71 Å². The van der Waals surface area contributed by atoms with Gasteiger partial charge >= 0.3 is 5.97 Å². The number of para-hydroxylation sites is 2. The molecular weight excluding hydrogens is 598 g/mol. The number of amides is 2. The number of anilines is 1. The summed E-state index contributed by atoms with van der Waals surface area (Å²) < 4.78 is 2.29. The third kappa shape index (κ3) is 7.05. The van der Waals surface area contributed by atoms with E-state index in [-0.39, 0.29) is 42.5 Å². The van der Waals surface area contributed by atoms with Crippen molar-refractivity contribution in [1.82, 2.24) is 5.06 Å². The maximum atomic E-state index is 12.1. The molecule has 0 unspecified atom stereocenters. The zero-order valence-electron chi connectivity index (χ0n) is 27.7. The van der Waals surface area contributed by atoms with E-state index in [0.717, 1.165) is 32.2 Å². The number of fused-ring (bicyclic) bond motifs is 2. The number of carbonyl (C=O) groups excluding carboxylic acids is 3. The number of hydrogen-bond donors (Lipinski definition) is 0. The van der Waals surface area contributed by atoms with Crippen molar-refractivity contribution in [2.75, 3.05) is 18.5 Å². The minimum Gasteiger partial charge on any atom is -1.00 e. The number of nitrogens with zero attached hydrogens (tertiary/aromatic N) is 3. The lowest BCUT2D eigenvalue weighted by Crippen LogP contribution is -3.00. The predicted octanol–water partition coefficient (Wildman–Crippen LogP) is 4.44. The van der Waals surface area contributed by atoms with Crippen LogP contribution in [0.5, 0.6) is 0 Å². The van der Waals surface area contributed by atoms with Crippen LogP contribution < -0.4 is 17.3 Å². The molecule has 0 radical (unpaired) electrons. The van der Waals surface area contributed by atoms with Crippen LogP contribution in [0.1, 0.15) is 90.2 Å². The Bertz CT molecular complexity index is 1580. The molecule has 2 amide bonds. The molecule has 3 aliphatic rings. The summed E-state index contributed by atoms with van der Waals surface area (Å²) >= 11 is 0. The predicted molar refractivity (Wildman–Crippen MR) is 178 cm³/mol. The molecule has 0 aliphatic carbocycles. The molecule has 3 heterocycles. The van der Waals surface area contributed by atoms with Crippen molar-refractivity contribution in [1.29, 1.82) is 0 Å². The van der Waals surface area contributed by atoms with E-state index in [0.29, 0.717) is 11.5 Å². The summed E-state index contributed by atoms with van der Waals surface area (Å²) in [6, 6.07) is 17.3. The van der Waals surface area contributed by atoms with Gasteiger partial charge in [0.25, 0.3) is 11.8 Å². The average Bonchev–Trinajstić information content (AvgIpc) is 3.52. The van der Waals surface area contributed by atoms with Gasteiger partial charge in [0.1, 0.15) is 7.05 Å². The number of hydrogen-bond acceptors (Lipinski definition) is 5. The van der Waals surface area contributed by atoms with Gasteiger partial charge in [-0.1, -0.05) is 87.7 Å². The summed E-state index contributed by atoms with van der Waals surface area (Å²) in [6.07, 6.45) is 16.0. The second kappa shape index (κ2) is 14.6. The van der Waals surface area contributed by atoms with Crippen molar-refractivity contribution in [3.05, 3.63) is 95.7 Å². The number of rotatable bonds is 12. The van der Waals surface area contributed by atoms with Crippen molar-refractivity contribution in [3.63, 3.8) is 0 Å². The first-order chi connectivity index (χ1) is 21.5. The van der Waals surface area contributed by atoms with Crippen molar-refractivity contribution in [3.8, 4) is 0 Å². The van der Waals surface area contributed by atoms with Crippen LogP contribution in [0.3, 0.4) is 0 Å². The summed E-state index contributed by atoms with van der Waals surface area (Å²) in [5.74, 6) is -1.40. The number of halogens is 1. The van der Waals surface area contributed by atoms with Gasteiger partial charge in [-0.2, -0.15) is 4.58 Å². The summed E-state index contributed by atoms with van der Waals surface area (Å²) in [5.41, 5.74) is 7.67. The lowest BCUT2D eigenvalue weighted by Gasteiger charge is -2.27. The Labute approximate surface area is 279 Å². The number of hydroxylamine groups is 2. The van der Waals surface area contributed by atoms with Crippen LogP contribution >= 0.6 is 0 Å². The summed E-state index contributed by atoms with van der Waals surface area (Å²) in [6.45, 7) is 10.1. The standard InChI is InChI=1S/C38H46N3O4.ClH/c1-37(2)28-18-13-15-20-30(28)39(5)32(37)22-10-9-11-23-33-38(3,4)29-19-14-16-21-31(29)40(33)27-17-8-6-7-12-24-36(44)45-41-34(42)25-26-35(41)43;/h9-11,13-16,18-23H,6-8,12,17,24-27H2,1-5H3;1H/q+1;/p-1. The van der Waals surface area contributed by atoms with E-state index >= 15 is 0 Å². The van der Waals surface area contributed by atoms with Gasteiger partial charge in [-0.3, -0.25) is 9.59 Å². The zero-order chi connectivity index (χ0) is 32.2. The Kier molecular flexibility index (Phi) is 11.1. The van der Waals surface area contributed by atoms with Crippen LogP contribution in [-0.2, 0) is 30.1 Å². The van der Waals surface area contributed by atoms with Crippen LogP contribution in [0.4, 0.5) is 11.4 Å². The molecule has 1 saturated heterocycles. The smallest absolute Gasteiger partial charge is 0.333 e. The van der Waals surface area contributed by atoms with Crippen LogP contribution in [0.25, 0.3) is 0 Å². The lowest BCUT2D eigenvalue weighted by molar-refractivity contribution is -0.401. The highest BCUT2D eigenvalue weighted by atomic mass is 35.5. The molecule has 0 aromatic heterocycles. The second-order valence-corrected chi connectivity index (χ2v) is 13.2. The van der Waals surface area contributed by atoms with Crippen molar-refractivity contribution in [2.45, 2.75) is 89.9 Å². The molecule has 5 rings (SSSR count). The molecule has 8 heteroatoms. The number of imide groups is 1. The molecule has 46 heavy (non-hydrogen) atoms. The van der Waals surface area contributed by atoms with Gasteiger partial charge in [0, 0.05) is 60.3 Å². The molecule has 7 nitrogen and oxygen atoms in total. The molecule has 1 fully saturated rings. The number of carbonyl (C=O) groups is 3. The minimum absolute atomic E-state index is 0. The first-order valence-corrected chi connectivity index (χ1v) is 16.2. The SMILES string of the molecule is C[N+]1=C(C=CC=CC=C2N(CCCCCCCC(=O)ON3C(=O)CCC3=O)c3ccccc3C2(C)C)C(C)(C)c2ccccc21.[Cl-]. The minimum atomic E-state index is -0.519. The molecule has 0 saturated carbocycles. The van der Waals surface area contributed by atoms with Crippen LogP contribution in [0.2, 0.25) is 0 Å². The van der Waals surface area contributed by atoms with Gasteiger partial charge in [-0.25, -0.2) is 4.79 Å². The Morgan fingerprint density at radius 3 is 2.17 bits per heavy atom. The van der Waals surface area contributed by atoms with Crippen molar-refractivity contribution < 1.29 is 36.2 Å². The lowest BCUT2D eigenvalue weighted by atomic mass is 9.81. The monoisotopic (exact) mass is 643 g/mol. The van der Waals surface area contributed by atoms with E-state index in [9.17, 15) is 14.4 Å². The van der Waals surface area contributed by atoms with Gasteiger partial charge in [0.2, 0.25) is 5.69 Å². The van der Waals surface area contributed by atoms with E-state index in [1.54, 1.807) is 0 Å². The van der Waals surface area contributed by atoms with Crippen LogP contribution in [0.15, 0.2) is 84.6 Å². The third-order valence-electron chi connectivity index (χ3n) is 9.43. The van der Waals surface area contributed by atoms with Crippen molar-refractivity contribution >= 4 is 34.9 Å². The first-order valence-electron chi connectivity index (χ1n) is 16.2.